The maximum absolute atomic E-state index is 11.7. The van der Waals surface area contributed by atoms with Crippen LogP contribution in [0.25, 0.3) is 11.4 Å². The van der Waals surface area contributed by atoms with Gasteiger partial charge in [-0.3, -0.25) is 4.98 Å². The Morgan fingerprint density at radius 3 is 2.38 bits per heavy atom. The van der Waals surface area contributed by atoms with Crippen LogP contribution in [-0.4, -0.2) is 63.6 Å². The molecule has 1 aliphatic rings. The Bertz CT molecular complexity index is 1210. The molecular weight excluding hydrogens is 478 g/mol. The zero-order chi connectivity index (χ0) is 26.4. The van der Waals surface area contributed by atoms with Crippen LogP contribution in [0.5, 0.6) is 23.3 Å². The van der Waals surface area contributed by atoms with Crippen LogP contribution in [0.4, 0.5) is 4.79 Å². The molecule has 11 heteroatoms. The van der Waals surface area contributed by atoms with Gasteiger partial charge in [0.05, 0.1) is 42.1 Å². The van der Waals surface area contributed by atoms with Gasteiger partial charge in [-0.25, -0.2) is 19.7 Å². The Morgan fingerprint density at radius 1 is 1.00 bits per heavy atom. The van der Waals surface area contributed by atoms with Gasteiger partial charge in [-0.05, 0) is 52.0 Å². The van der Waals surface area contributed by atoms with Gasteiger partial charge in [-0.1, -0.05) is 0 Å². The van der Waals surface area contributed by atoms with Crippen molar-refractivity contribution in [3.05, 3.63) is 48.0 Å². The van der Waals surface area contributed by atoms with Crippen LogP contribution in [0.15, 0.2) is 36.8 Å². The lowest BCUT2D eigenvalue weighted by molar-refractivity contribution is -0.151. The van der Waals surface area contributed by atoms with Gasteiger partial charge < -0.3 is 23.8 Å². The third kappa shape index (κ3) is 6.82. The predicted molar refractivity (Wildman–Crippen MR) is 134 cm³/mol. The predicted octanol–water partition coefficient (Wildman–Crippen LogP) is 4.67. The van der Waals surface area contributed by atoms with Crippen molar-refractivity contribution >= 4 is 6.16 Å². The number of hydrogen-bond donors (Lipinski definition) is 0. The smallest absolute Gasteiger partial charge is 0.495 e. The average Bonchev–Trinajstić information content (AvgIpc) is 2.88. The van der Waals surface area contributed by atoms with Crippen LogP contribution in [0.2, 0.25) is 0 Å². The van der Waals surface area contributed by atoms with Gasteiger partial charge >= 0.3 is 6.16 Å². The van der Waals surface area contributed by atoms with Gasteiger partial charge in [0.2, 0.25) is 11.8 Å². The van der Waals surface area contributed by atoms with Crippen LogP contribution >= 0.6 is 0 Å². The molecular formula is C26H31N5O6. The normalized spacial score (nSPS) is 14.3. The minimum absolute atomic E-state index is 0.0814. The number of aryl methyl sites for hydroxylation is 1. The van der Waals surface area contributed by atoms with E-state index in [-0.39, 0.29) is 12.2 Å². The third-order valence-corrected chi connectivity index (χ3v) is 5.68. The lowest BCUT2D eigenvalue weighted by atomic mass is 10.1. The summed E-state index contributed by atoms with van der Waals surface area (Å²) in [6.45, 7) is 8.33. The lowest BCUT2D eigenvalue weighted by Gasteiger charge is -2.30. The fourth-order valence-electron chi connectivity index (χ4n) is 3.71. The molecule has 0 spiro atoms. The Balaban J connectivity index is 1.37. The van der Waals surface area contributed by atoms with E-state index in [0.717, 1.165) is 11.4 Å². The van der Waals surface area contributed by atoms with E-state index >= 15 is 0 Å². The second kappa shape index (κ2) is 11.8. The van der Waals surface area contributed by atoms with Crippen LogP contribution in [0, 0.1) is 13.8 Å². The number of carbonyl (C=O) groups excluding carboxylic acids is 1. The van der Waals surface area contributed by atoms with Gasteiger partial charge in [0.25, 0.3) is 0 Å². The molecule has 0 bridgehead atoms. The van der Waals surface area contributed by atoms with Crippen LogP contribution in [0.1, 0.15) is 37.9 Å². The number of hydrogen-bond acceptors (Lipinski definition) is 11. The number of carbonyl (C=O) groups is 1. The van der Waals surface area contributed by atoms with E-state index in [1.165, 1.54) is 6.33 Å². The Kier molecular flexibility index (Phi) is 8.34. The summed E-state index contributed by atoms with van der Waals surface area (Å²) in [5.41, 5.74) is 2.84. The first-order valence-electron chi connectivity index (χ1n) is 12.1. The maximum Gasteiger partial charge on any atom is 0.528 e. The number of aromatic nitrogens is 4. The van der Waals surface area contributed by atoms with Crippen molar-refractivity contribution in [3.63, 3.8) is 0 Å². The first-order valence-corrected chi connectivity index (χ1v) is 12.1. The summed E-state index contributed by atoms with van der Waals surface area (Å²) in [6, 6.07) is 7.38. The van der Waals surface area contributed by atoms with E-state index in [0.29, 0.717) is 60.4 Å². The molecule has 1 saturated heterocycles. The molecule has 0 aliphatic carbocycles. The zero-order valence-electron chi connectivity index (χ0n) is 21.6. The first kappa shape index (κ1) is 26.1. The second-order valence-electron chi connectivity index (χ2n) is 8.83. The molecule has 1 aliphatic heterocycles. The number of hydroxylamine groups is 2. The van der Waals surface area contributed by atoms with Crippen molar-refractivity contribution < 1.29 is 28.6 Å². The van der Waals surface area contributed by atoms with E-state index in [2.05, 4.69) is 19.9 Å². The molecule has 3 aromatic heterocycles. The van der Waals surface area contributed by atoms with Crippen molar-refractivity contribution in [2.24, 2.45) is 0 Å². The van der Waals surface area contributed by atoms with Crippen molar-refractivity contribution in [3.8, 4) is 34.6 Å². The molecule has 4 rings (SSSR count). The molecule has 0 atom stereocenters. The van der Waals surface area contributed by atoms with Crippen molar-refractivity contribution in [2.75, 3.05) is 20.2 Å². The zero-order valence-corrected chi connectivity index (χ0v) is 21.6. The summed E-state index contributed by atoms with van der Waals surface area (Å²) in [7, 11) is 1.60. The summed E-state index contributed by atoms with van der Waals surface area (Å²) < 4.78 is 22.4. The van der Waals surface area contributed by atoms with E-state index in [9.17, 15) is 4.79 Å². The Labute approximate surface area is 215 Å². The minimum Gasteiger partial charge on any atom is -0.495 e. The highest BCUT2D eigenvalue weighted by Crippen LogP contribution is 2.31. The Hall–Kier alpha value is -3.99. The van der Waals surface area contributed by atoms with Crippen LogP contribution in [0.3, 0.4) is 0 Å². The van der Waals surface area contributed by atoms with Crippen molar-refractivity contribution in [1.29, 1.82) is 0 Å². The Morgan fingerprint density at radius 2 is 1.73 bits per heavy atom. The highest BCUT2D eigenvalue weighted by molar-refractivity contribution is 5.59. The summed E-state index contributed by atoms with van der Waals surface area (Å²) in [4.78, 5) is 34.5. The molecule has 0 saturated carbocycles. The summed E-state index contributed by atoms with van der Waals surface area (Å²) in [6.07, 6.45) is 3.39. The molecule has 0 unspecified atom stereocenters. The third-order valence-electron chi connectivity index (χ3n) is 5.68. The monoisotopic (exact) mass is 509 g/mol. The summed E-state index contributed by atoms with van der Waals surface area (Å²) in [5.74, 6) is 2.10. The highest BCUT2D eigenvalue weighted by atomic mass is 16.8. The second-order valence-corrected chi connectivity index (χ2v) is 8.83. The maximum atomic E-state index is 11.7. The van der Waals surface area contributed by atoms with Crippen molar-refractivity contribution in [2.45, 2.75) is 52.7 Å². The topological polar surface area (TPSA) is 118 Å². The lowest BCUT2D eigenvalue weighted by Crippen LogP contribution is -2.40. The molecule has 37 heavy (non-hydrogen) atoms. The number of methoxy groups -OCH3 is 1. The number of piperidine rings is 1. The molecule has 0 N–H and O–H groups in total. The minimum atomic E-state index is -0.694. The molecule has 0 radical (unpaired) electrons. The number of rotatable bonds is 8. The van der Waals surface area contributed by atoms with Crippen molar-refractivity contribution in [1.82, 2.24) is 25.0 Å². The summed E-state index contributed by atoms with van der Waals surface area (Å²) >= 11 is 0. The van der Waals surface area contributed by atoms with E-state index in [1.54, 1.807) is 32.2 Å². The fraction of sp³-hybridized carbons (Fsp3) is 0.423. The fourth-order valence-corrected chi connectivity index (χ4v) is 3.71. The standard InChI is InChI=1S/C26H31N5O6/c1-16(2)34-26(32)37-31-12-10-19(11-13-31)35-24-17(3)25(29-15-28-24)36-23-9-8-22(30-18(23)4)21-7-6-20(33-5)14-27-21/h6-9,14-16,19H,10-13H2,1-5H3. The van der Waals surface area contributed by atoms with Gasteiger partial charge in [0.15, 0.2) is 5.75 Å². The number of ether oxygens (including phenoxy) is 4. The van der Waals surface area contributed by atoms with Gasteiger partial charge in [-0.2, -0.15) is 0 Å². The van der Waals surface area contributed by atoms with Crippen LogP contribution in [-0.2, 0) is 9.57 Å². The quantitative estimate of drug-likeness (QED) is 0.394. The highest BCUT2D eigenvalue weighted by Gasteiger charge is 2.25. The molecule has 3 aromatic rings. The van der Waals surface area contributed by atoms with E-state index in [1.807, 2.05) is 38.1 Å². The molecule has 1 fully saturated rings. The van der Waals surface area contributed by atoms with Gasteiger partial charge in [0.1, 0.15) is 18.2 Å². The van der Waals surface area contributed by atoms with E-state index < -0.39 is 6.16 Å². The average molecular weight is 510 g/mol. The molecule has 4 heterocycles. The molecule has 11 nitrogen and oxygen atoms in total. The molecule has 196 valence electrons. The summed E-state index contributed by atoms with van der Waals surface area (Å²) in [5, 5.41) is 1.59. The molecule has 0 aromatic carbocycles. The van der Waals surface area contributed by atoms with Gasteiger partial charge in [-0.15, -0.1) is 5.06 Å². The molecule has 0 amide bonds. The van der Waals surface area contributed by atoms with Gasteiger partial charge in [0, 0.05) is 25.9 Å². The van der Waals surface area contributed by atoms with Crippen LogP contribution < -0.4 is 14.2 Å². The van der Waals surface area contributed by atoms with E-state index in [4.69, 9.17) is 23.8 Å². The number of nitrogens with zero attached hydrogens (tertiary/aromatic N) is 5. The largest absolute Gasteiger partial charge is 0.528 e. The SMILES string of the molecule is COc1ccc(-c2ccc(Oc3ncnc(OC4CCN(OC(=O)OC(C)C)CC4)c3C)c(C)n2)nc1. The first-order chi connectivity index (χ1) is 17.8. The number of pyridine rings is 2.